The number of ether oxygens (including phenoxy) is 2. The van der Waals surface area contributed by atoms with Crippen molar-refractivity contribution in [3.05, 3.63) is 23.2 Å². The van der Waals surface area contributed by atoms with Crippen LogP contribution in [0, 0.1) is 5.92 Å². The fourth-order valence-electron chi connectivity index (χ4n) is 4.05. The lowest BCUT2D eigenvalue weighted by Gasteiger charge is -2.41. The van der Waals surface area contributed by atoms with E-state index in [9.17, 15) is 9.59 Å². The summed E-state index contributed by atoms with van der Waals surface area (Å²) in [4.78, 5) is 29.1. The van der Waals surface area contributed by atoms with Crippen LogP contribution < -0.4 is 10.1 Å². The second-order valence-electron chi connectivity index (χ2n) is 8.39. The number of benzene rings is 1. The van der Waals surface area contributed by atoms with E-state index < -0.39 is 0 Å². The molecule has 1 aliphatic heterocycles. The molecular formula is C23H36ClN3O4. The van der Waals surface area contributed by atoms with Crippen LogP contribution in [0.15, 0.2) is 18.2 Å². The quantitative estimate of drug-likeness (QED) is 0.617. The van der Waals surface area contributed by atoms with Gasteiger partial charge in [0.1, 0.15) is 5.75 Å². The Balaban J connectivity index is 2.03. The fourth-order valence-corrected chi connectivity index (χ4v) is 4.29. The molecule has 1 aromatic rings. The molecule has 1 fully saturated rings. The number of nitrogens with one attached hydrogen (secondary N) is 1. The largest absolute Gasteiger partial charge is 0.482 e. The molecule has 0 radical (unpaired) electrons. The van der Waals surface area contributed by atoms with Gasteiger partial charge in [-0.1, -0.05) is 25.4 Å². The molecule has 2 amide bonds. The Bertz CT molecular complexity index is 744. The molecule has 1 heterocycles. The first-order valence-electron chi connectivity index (χ1n) is 11.1. The number of likely N-dealkylation sites (N-methyl/N-ethyl adjacent to an activating group) is 1. The third-order valence-electron chi connectivity index (χ3n) is 5.41. The van der Waals surface area contributed by atoms with Gasteiger partial charge < -0.3 is 19.7 Å². The monoisotopic (exact) mass is 453 g/mol. The maximum Gasteiger partial charge on any atom is 0.260 e. The maximum absolute atomic E-state index is 13.1. The fraction of sp³-hybridized carbons (Fsp3) is 0.652. The molecule has 0 aromatic heterocycles. The lowest BCUT2D eigenvalue weighted by Crippen LogP contribution is -2.55. The standard InChI is InChI=1S/C23H36ClN3O4/c1-7-26(8-2)21(28)14-30-20-10-9-18(11-19(20)24)25-23(29)22(15(3)4)27-12-16(5)31-17(6)13-27/h9-11,15-17,22H,7-8,12-14H2,1-6H3,(H,25,29). The second kappa shape index (κ2) is 11.7. The molecule has 0 aliphatic carbocycles. The SMILES string of the molecule is CCN(CC)C(=O)COc1ccc(NC(=O)C(C(C)C)N2CC(C)OC(C)C2)cc1Cl. The highest BCUT2D eigenvalue weighted by Gasteiger charge is 2.34. The summed E-state index contributed by atoms with van der Waals surface area (Å²) < 4.78 is 11.4. The normalized spacial score (nSPS) is 20.4. The van der Waals surface area contributed by atoms with E-state index >= 15 is 0 Å². The lowest BCUT2D eigenvalue weighted by atomic mass is 9.99. The van der Waals surface area contributed by atoms with Crippen LogP contribution in [0.5, 0.6) is 5.75 Å². The van der Waals surface area contributed by atoms with Crippen LogP contribution in [-0.4, -0.2) is 72.6 Å². The minimum absolute atomic E-state index is 0.0715. The Morgan fingerprint density at radius 2 is 1.84 bits per heavy atom. The van der Waals surface area contributed by atoms with Gasteiger partial charge in [0.15, 0.2) is 6.61 Å². The predicted octanol–water partition coefficient (Wildman–Crippen LogP) is 3.66. The van der Waals surface area contributed by atoms with Crippen molar-refractivity contribution in [2.75, 3.05) is 38.1 Å². The molecule has 1 saturated heterocycles. The van der Waals surface area contributed by atoms with Crippen LogP contribution in [0.2, 0.25) is 5.02 Å². The zero-order valence-electron chi connectivity index (χ0n) is 19.5. The highest BCUT2D eigenvalue weighted by molar-refractivity contribution is 6.32. The smallest absolute Gasteiger partial charge is 0.260 e. The second-order valence-corrected chi connectivity index (χ2v) is 8.80. The number of morpholine rings is 1. The molecule has 3 unspecified atom stereocenters. The van der Waals surface area contributed by atoms with E-state index in [1.165, 1.54) is 0 Å². The van der Waals surface area contributed by atoms with Crippen molar-refractivity contribution in [2.24, 2.45) is 5.92 Å². The van der Waals surface area contributed by atoms with Crippen LogP contribution in [0.25, 0.3) is 0 Å². The van der Waals surface area contributed by atoms with Crippen molar-refractivity contribution in [3.63, 3.8) is 0 Å². The molecular weight excluding hydrogens is 418 g/mol. The van der Waals surface area contributed by atoms with Gasteiger partial charge in [-0.05, 0) is 51.8 Å². The Labute approximate surface area is 191 Å². The van der Waals surface area contributed by atoms with E-state index in [0.29, 0.717) is 42.6 Å². The van der Waals surface area contributed by atoms with Crippen molar-refractivity contribution in [2.45, 2.75) is 59.8 Å². The minimum Gasteiger partial charge on any atom is -0.482 e. The van der Waals surface area contributed by atoms with E-state index in [4.69, 9.17) is 21.1 Å². The van der Waals surface area contributed by atoms with Crippen LogP contribution in [0.1, 0.15) is 41.5 Å². The molecule has 0 saturated carbocycles. The van der Waals surface area contributed by atoms with Gasteiger partial charge in [-0.25, -0.2) is 0 Å². The molecule has 174 valence electrons. The van der Waals surface area contributed by atoms with Crippen molar-refractivity contribution in [1.82, 2.24) is 9.80 Å². The summed E-state index contributed by atoms with van der Waals surface area (Å²) in [6.45, 7) is 14.6. The molecule has 8 heteroatoms. The lowest BCUT2D eigenvalue weighted by molar-refractivity contribution is -0.133. The molecule has 1 aromatic carbocycles. The first-order chi connectivity index (χ1) is 14.7. The van der Waals surface area contributed by atoms with Gasteiger partial charge in [-0.2, -0.15) is 0 Å². The third-order valence-corrected chi connectivity index (χ3v) is 5.70. The summed E-state index contributed by atoms with van der Waals surface area (Å²) in [5, 5.41) is 3.33. The summed E-state index contributed by atoms with van der Waals surface area (Å²) in [6.07, 6.45) is 0.172. The number of hydrogen-bond acceptors (Lipinski definition) is 5. The summed E-state index contributed by atoms with van der Waals surface area (Å²) in [7, 11) is 0. The Morgan fingerprint density at radius 1 is 1.23 bits per heavy atom. The minimum atomic E-state index is -0.268. The Morgan fingerprint density at radius 3 is 2.35 bits per heavy atom. The maximum atomic E-state index is 13.1. The Kier molecular flexibility index (Phi) is 9.59. The van der Waals surface area contributed by atoms with E-state index in [-0.39, 0.29) is 42.6 Å². The zero-order chi connectivity index (χ0) is 23.1. The van der Waals surface area contributed by atoms with Gasteiger partial charge in [-0.3, -0.25) is 14.5 Å². The topological polar surface area (TPSA) is 71.1 Å². The molecule has 7 nitrogen and oxygen atoms in total. The third kappa shape index (κ3) is 7.09. The molecule has 31 heavy (non-hydrogen) atoms. The predicted molar refractivity (Wildman–Crippen MR) is 124 cm³/mol. The molecule has 2 rings (SSSR count). The van der Waals surface area contributed by atoms with Crippen molar-refractivity contribution >= 4 is 29.1 Å². The first kappa shape index (κ1) is 25.4. The number of carbonyl (C=O) groups is 2. The summed E-state index contributed by atoms with van der Waals surface area (Å²) in [5.41, 5.74) is 0.595. The van der Waals surface area contributed by atoms with Crippen LogP contribution in [-0.2, 0) is 14.3 Å². The molecule has 1 aliphatic rings. The number of anilines is 1. The number of halogens is 1. The molecule has 1 N–H and O–H groups in total. The zero-order valence-corrected chi connectivity index (χ0v) is 20.2. The summed E-state index contributed by atoms with van der Waals surface area (Å²) in [5.74, 6) is 0.392. The molecule has 3 atom stereocenters. The van der Waals surface area contributed by atoms with Crippen LogP contribution in [0.4, 0.5) is 5.69 Å². The van der Waals surface area contributed by atoms with E-state index in [0.717, 1.165) is 0 Å². The van der Waals surface area contributed by atoms with Gasteiger partial charge in [0, 0.05) is 31.9 Å². The average Bonchev–Trinajstić information content (AvgIpc) is 2.67. The molecule has 0 spiro atoms. The summed E-state index contributed by atoms with van der Waals surface area (Å²) >= 11 is 6.34. The van der Waals surface area contributed by atoms with Crippen LogP contribution >= 0.6 is 11.6 Å². The first-order valence-corrected chi connectivity index (χ1v) is 11.4. The van der Waals surface area contributed by atoms with Gasteiger partial charge >= 0.3 is 0 Å². The van der Waals surface area contributed by atoms with Crippen molar-refractivity contribution < 1.29 is 19.1 Å². The number of hydrogen-bond donors (Lipinski definition) is 1. The van der Waals surface area contributed by atoms with Crippen molar-refractivity contribution in [1.29, 1.82) is 0 Å². The van der Waals surface area contributed by atoms with E-state index in [1.54, 1.807) is 23.1 Å². The highest BCUT2D eigenvalue weighted by Crippen LogP contribution is 2.28. The number of amides is 2. The van der Waals surface area contributed by atoms with E-state index in [2.05, 4.69) is 10.2 Å². The average molecular weight is 454 g/mol. The Hall–Kier alpha value is -1.83. The number of rotatable bonds is 9. The number of nitrogens with zero attached hydrogens (tertiary/aromatic N) is 2. The molecule has 0 bridgehead atoms. The van der Waals surface area contributed by atoms with Crippen LogP contribution in [0.3, 0.4) is 0 Å². The van der Waals surface area contributed by atoms with Gasteiger partial charge in [0.2, 0.25) is 5.91 Å². The van der Waals surface area contributed by atoms with Crippen molar-refractivity contribution in [3.8, 4) is 5.75 Å². The van der Waals surface area contributed by atoms with E-state index in [1.807, 2.05) is 41.5 Å². The highest BCUT2D eigenvalue weighted by atomic mass is 35.5. The van der Waals surface area contributed by atoms with Gasteiger partial charge in [0.25, 0.3) is 5.91 Å². The van der Waals surface area contributed by atoms with Gasteiger partial charge in [0.05, 0.1) is 23.3 Å². The van der Waals surface area contributed by atoms with Gasteiger partial charge in [-0.15, -0.1) is 0 Å². The number of carbonyl (C=O) groups excluding carboxylic acids is 2. The summed E-state index contributed by atoms with van der Waals surface area (Å²) in [6, 6.07) is 4.80.